The summed E-state index contributed by atoms with van der Waals surface area (Å²) >= 11 is 1.33. The first-order chi connectivity index (χ1) is 9.37. The van der Waals surface area contributed by atoms with Crippen LogP contribution in [0, 0.1) is 0 Å². The Kier molecular flexibility index (Phi) is 4.27. The molecule has 20 heavy (non-hydrogen) atoms. The molecule has 110 valence electrons. The first-order valence-electron chi connectivity index (χ1n) is 6.53. The van der Waals surface area contributed by atoms with Gasteiger partial charge in [0.25, 0.3) is 5.91 Å². The Balaban J connectivity index is 1.86. The number of ether oxygens (including phenoxy) is 1. The van der Waals surface area contributed by atoms with Gasteiger partial charge in [0, 0.05) is 37.8 Å². The van der Waals surface area contributed by atoms with Gasteiger partial charge < -0.3 is 14.5 Å². The van der Waals surface area contributed by atoms with E-state index in [4.69, 9.17) is 4.74 Å². The Labute approximate surface area is 122 Å². The van der Waals surface area contributed by atoms with Gasteiger partial charge in [0.2, 0.25) is 0 Å². The number of piperazine rings is 1. The molecule has 0 radical (unpaired) electrons. The molecule has 0 aliphatic carbocycles. The highest BCUT2D eigenvalue weighted by Crippen LogP contribution is 2.14. The molecule has 1 fully saturated rings. The Morgan fingerprint density at radius 3 is 2.30 bits per heavy atom. The second-order valence-corrected chi connectivity index (χ2v) is 6.49. The van der Waals surface area contributed by atoms with E-state index in [1.807, 2.05) is 20.8 Å². The molecule has 1 aromatic heterocycles. The van der Waals surface area contributed by atoms with Crippen LogP contribution in [0.1, 0.15) is 30.6 Å². The van der Waals surface area contributed by atoms with E-state index in [9.17, 15) is 9.59 Å². The molecule has 2 heterocycles. The fourth-order valence-corrected chi connectivity index (χ4v) is 2.49. The number of hydrogen-bond acceptors (Lipinski definition) is 5. The topological polar surface area (TPSA) is 62.7 Å². The quantitative estimate of drug-likeness (QED) is 0.793. The van der Waals surface area contributed by atoms with Crippen LogP contribution in [-0.4, -0.2) is 58.6 Å². The van der Waals surface area contributed by atoms with Crippen molar-refractivity contribution in [2.75, 3.05) is 26.2 Å². The van der Waals surface area contributed by atoms with Crippen molar-refractivity contribution in [1.82, 2.24) is 14.8 Å². The maximum absolute atomic E-state index is 12.1. The molecular formula is C13H19N3O3S. The standard InChI is InChI=1S/C13H19N3O3S/c1-13(2,3)19-12(18)16-7-5-15(6-8-16)11(17)10-14-4-9-20-10/h4,9H,5-8H2,1-3H3. The highest BCUT2D eigenvalue weighted by molar-refractivity contribution is 7.11. The Bertz CT molecular complexity index is 474. The summed E-state index contributed by atoms with van der Waals surface area (Å²) in [5.74, 6) is -0.0659. The summed E-state index contributed by atoms with van der Waals surface area (Å²) in [6, 6.07) is 0. The van der Waals surface area contributed by atoms with Gasteiger partial charge in [0.05, 0.1) is 0 Å². The van der Waals surface area contributed by atoms with Crippen LogP contribution in [0.25, 0.3) is 0 Å². The highest BCUT2D eigenvalue weighted by atomic mass is 32.1. The van der Waals surface area contributed by atoms with Crippen LogP contribution in [0.4, 0.5) is 4.79 Å². The zero-order valence-corrected chi connectivity index (χ0v) is 12.8. The molecule has 0 spiro atoms. The largest absolute Gasteiger partial charge is 0.444 e. The van der Waals surface area contributed by atoms with Crippen LogP contribution in [-0.2, 0) is 4.74 Å². The second kappa shape index (κ2) is 5.78. The maximum Gasteiger partial charge on any atom is 0.410 e. The average Bonchev–Trinajstić information content (AvgIpc) is 2.90. The molecule has 2 amide bonds. The van der Waals surface area contributed by atoms with Crippen molar-refractivity contribution in [2.24, 2.45) is 0 Å². The monoisotopic (exact) mass is 297 g/mol. The lowest BCUT2D eigenvalue weighted by Gasteiger charge is -2.35. The molecule has 0 atom stereocenters. The molecule has 0 N–H and O–H groups in total. The third kappa shape index (κ3) is 3.69. The molecule has 1 saturated heterocycles. The summed E-state index contributed by atoms with van der Waals surface area (Å²) in [6.45, 7) is 7.53. The summed E-state index contributed by atoms with van der Waals surface area (Å²) in [7, 11) is 0. The number of rotatable bonds is 1. The summed E-state index contributed by atoms with van der Waals surface area (Å²) in [5, 5.41) is 2.28. The van der Waals surface area contributed by atoms with Crippen LogP contribution in [0.2, 0.25) is 0 Å². The second-order valence-electron chi connectivity index (χ2n) is 5.60. The Morgan fingerprint density at radius 1 is 1.20 bits per heavy atom. The summed E-state index contributed by atoms with van der Waals surface area (Å²) in [6.07, 6.45) is 1.30. The molecule has 1 aromatic rings. The first kappa shape index (κ1) is 14.8. The third-order valence-electron chi connectivity index (χ3n) is 2.83. The summed E-state index contributed by atoms with van der Waals surface area (Å²) < 4.78 is 5.32. The van der Waals surface area contributed by atoms with Gasteiger partial charge in [0.1, 0.15) is 5.60 Å². The van der Waals surface area contributed by atoms with Gasteiger partial charge in [-0.25, -0.2) is 9.78 Å². The summed E-state index contributed by atoms with van der Waals surface area (Å²) in [5.41, 5.74) is -0.495. The molecule has 0 saturated carbocycles. The molecule has 0 unspecified atom stereocenters. The molecule has 6 nitrogen and oxygen atoms in total. The minimum absolute atomic E-state index is 0.0659. The van der Waals surface area contributed by atoms with Crippen molar-refractivity contribution in [3.05, 3.63) is 16.6 Å². The van der Waals surface area contributed by atoms with Crippen molar-refractivity contribution < 1.29 is 14.3 Å². The molecule has 2 rings (SSSR count). The highest BCUT2D eigenvalue weighted by Gasteiger charge is 2.28. The van der Waals surface area contributed by atoms with Crippen LogP contribution in [0.15, 0.2) is 11.6 Å². The lowest BCUT2D eigenvalue weighted by molar-refractivity contribution is 0.0141. The SMILES string of the molecule is CC(C)(C)OC(=O)N1CCN(C(=O)c2nccs2)CC1. The zero-order valence-electron chi connectivity index (χ0n) is 12.0. The number of aromatic nitrogens is 1. The fraction of sp³-hybridized carbons (Fsp3) is 0.615. The predicted molar refractivity (Wildman–Crippen MR) is 75.8 cm³/mol. The number of nitrogens with zero attached hydrogens (tertiary/aromatic N) is 3. The van der Waals surface area contributed by atoms with Gasteiger partial charge in [0.15, 0.2) is 5.01 Å². The summed E-state index contributed by atoms with van der Waals surface area (Å²) in [4.78, 5) is 31.4. The van der Waals surface area contributed by atoms with Crippen LogP contribution < -0.4 is 0 Å². The van der Waals surface area contributed by atoms with E-state index in [0.717, 1.165) is 0 Å². The lowest BCUT2D eigenvalue weighted by atomic mass is 10.2. The zero-order chi connectivity index (χ0) is 14.8. The van der Waals surface area contributed by atoms with E-state index in [0.29, 0.717) is 31.2 Å². The van der Waals surface area contributed by atoms with Crippen molar-refractivity contribution in [3.8, 4) is 0 Å². The Morgan fingerprint density at radius 2 is 1.80 bits per heavy atom. The van der Waals surface area contributed by atoms with E-state index in [-0.39, 0.29) is 12.0 Å². The molecular weight excluding hydrogens is 278 g/mol. The number of carbonyl (C=O) groups excluding carboxylic acids is 2. The van der Waals surface area contributed by atoms with Crippen molar-refractivity contribution in [2.45, 2.75) is 26.4 Å². The van der Waals surface area contributed by atoms with Gasteiger partial charge >= 0.3 is 6.09 Å². The smallest absolute Gasteiger partial charge is 0.410 e. The molecule has 7 heteroatoms. The minimum Gasteiger partial charge on any atom is -0.444 e. The van der Waals surface area contributed by atoms with Crippen molar-refractivity contribution in [3.63, 3.8) is 0 Å². The number of amides is 2. The van der Waals surface area contributed by atoms with Crippen molar-refractivity contribution >= 4 is 23.3 Å². The third-order valence-corrected chi connectivity index (χ3v) is 3.59. The normalized spacial score (nSPS) is 16.1. The maximum atomic E-state index is 12.1. The predicted octanol–water partition coefficient (Wildman–Crippen LogP) is 1.84. The lowest BCUT2D eigenvalue weighted by Crippen LogP contribution is -2.51. The molecule has 0 bridgehead atoms. The van der Waals surface area contributed by atoms with Gasteiger partial charge in [-0.1, -0.05) is 0 Å². The van der Waals surface area contributed by atoms with Gasteiger partial charge in [-0.3, -0.25) is 4.79 Å². The van der Waals surface area contributed by atoms with Gasteiger partial charge in [-0.05, 0) is 20.8 Å². The minimum atomic E-state index is -0.495. The van der Waals surface area contributed by atoms with Crippen molar-refractivity contribution in [1.29, 1.82) is 0 Å². The van der Waals surface area contributed by atoms with Crippen LogP contribution in [0.5, 0.6) is 0 Å². The van der Waals surface area contributed by atoms with E-state index in [1.165, 1.54) is 11.3 Å². The fourth-order valence-electron chi connectivity index (χ4n) is 1.88. The molecule has 0 aromatic carbocycles. The molecule has 1 aliphatic heterocycles. The van der Waals surface area contributed by atoms with Crippen LogP contribution >= 0.6 is 11.3 Å². The first-order valence-corrected chi connectivity index (χ1v) is 7.41. The van der Waals surface area contributed by atoms with E-state index >= 15 is 0 Å². The van der Waals surface area contributed by atoms with E-state index in [2.05, 4.69) is 4.98 Å². The average molecular weight is 297 g/mol. The van der Waals surface area contributed by atoms with Crippen LogP contribution in [0.3, 0.4) is 0 Å². The Hall–Kier alpha value is -1.63. The number of carbonyl (C=O) groups is 2. The van der Waals surface area contributed by atoms with E-state index in [1.54, 1.807) is 21.4 Å². The number of hydrogen-bond donors (Lipinski definition) is 0. The van der Waals surface area contributed by atoms with Gasteiger partial charge in [-0.2, -0.15) is 0 Å². The van der Waals surface area contributed by atoms with E-state index < -0.39 is 5.60 Å². The van der Waals surface area contributed by atoms with Gasteiger partial charge in [-0.15, -0.1) is 11.3 Å². The number of thiazole rings is 1. The molecule has 1 aliphatic rings.